The Balaban J connectivity index is 2.31. The van der Waals surface area contributed by atoms with Crippen molar-refractivity contribution in [3.05, 3.63) is 28.2 Å². The predicted octanol–water partition coefficient (Wildman–Crippen LogP) is 3.78. The molecule has 0 fully saturated rings. The third-order valence-electron chi connectivity index (χ3n) is 2.79. The lowest BCUT2D eigenvalue weighted by Crippen LogP contribution is -2.05. The van der Waals surface area contributed by atoms with Crippen LogP contribution in [0.4, 0.5) is 0 Å². The van der Waals surface area contributed by atoms with Crippen molar-refractivity contribution >= 4 is 38.3 Å². The molecule has 0 heterocycles. The second-order valence-electron chi connectivity index (χ2n) is 4.52. The van der Waals surface area contributed by atoms with E-state index >= 15 is 0 Å². The van der Waals surface area contributed by atoms with E-state index in [0.717, 1.165) is 54.5 Å². The van der Waals surface area contributed by atoms with Crippen LogP contribution in [0, 0.1) is 0 Å². The molecule has 0 aliphatic rings. The van der Waals surface area contributed by atoms with E-state index in [9.17, 15) is 0 Å². The maximum absolute atomic E-state index is 5.71. The Kier molecular flexibility index (Phi) is 11.4. The van der Waals surface area contributed by atoms with Gasteiger partial charge in [-0.05, 0) is 48.4 Å². The molecule has 0 aromatic heterocycles. The normalized spacial score (nSPS) is 10.8. The molecule has 0 aliphatic heterocycles. The van der Waals surface area contributed by atoms with Crippen LogP contribution in [0.5, 0.6) is 5.75 Å². The van der Waals surface area contributed by atoms with Crippen molar-refractivity contribution < 1.29 is 13.9 Å². The molecule has 2 radical (unpaired) electrons. The van der Waals surface area contributed by atoms with Crippen LogP contribution >= 0.6 is 28.6 Å². The highest BCUT2D eigenvalue weighted by Crippen LogP contribution is 2.23. The Bertz CT molecular complexity index is 393. The van der Waals surface area contributed by atoms with Gasteiger partial charge in [0.25, 0.3) is 0 Å². The minimum absolute atomic E-state index is 0.575. The molecule has 0 atom stereocenters. The maximum atomic E-state index is 5.71. The second kappa shape index (κ2) is 12.5. The lowest BCUT2D eigenvalue weighted by atomic mass is 10.1. The van der Waals surface area contributed by atoms with Gasteiger partial charge in [-0.2, -0.15) is 12.6 Å². The van der Waals surface area contributed by atoms with Crippen LogP contribution in [0.15, 0.2) is 22.7 Å². The lowest BCUT2D eigenvalue weighted by Gasteiger charge is -2.10. The van der Waals surface area contributed by atoms with Crippen molar-refractivity contribution in [2.24, 2.45) is 0 Å². The van der Waals surface area contributed by atoms with Gasteiger partial charge in [-0.1, -0.05) is 15.9 Å². The highest BCUT2D eigenvalue weighted by atomic mass is 79.9. The molecule has 0 aliphatic carbocycles. The Morgan fingerprint density at radius 1 is 1.19 bits per heavy atom. The van der Waals surface area contributed by atoms with Gasteiger partial charge in [0.05, 0.1) is 6.61 Å². The number of ether oxygens (including phenoxy) is 2. The molecule has 0 amide bonds. The number of hydrogen-bond acceptors (Lipinski definition) is 4. The van der Waals surface area contributed by atoms with Crippen LogP contribution in [0.1, 0.15) is 18.4 Å². The standard InChI is InChI=1S/C15H23BrO3SSi/c1-17-7-2-8-18-14-4-5-15(16)13(12-14)6-9-19-21-11-3-10-20/h4-5,12,20H,2-3,6-11H2,1H3. The fourth-order valence-corrected chi connectivity index (χ4v) is 3.29. The molecule has 0 saturated heterocycles. The molecule has 0 spiro atoms. The van der Waals surface area contributed by atoms with Gasteiger partial charge in [0.15, 0.2) is 0 Å². The third kappa shape index (κ3) is 8.88. The first kappa shape index (κ1) is 19.0. The molecule has 21 heavy (non-hydrogen) atoms. The summed E-state index contributed by atoms with van der Waals surface area (Å²) in [5, 5.41) is 0. The quantitative estimate of drug-likeness (QED) is 0.334. The third-order valence-corrected chi connectivity index (χ3v) is 4.85. The first-order valence-electron chi connectivity index (χ1n) is 7.13. The summed E-state index contributed by atoms with van der Waals surface area (Å²) in [4.78, 5) is 0. The molecule has 0 N–H and O–H groups in total. The van der Waals surface area contributed by atoms with E-state index in [-0.39, 0.29) is 0 Å². The molecule has 0 unspecified atom stereocenters. The minimum atomic E-state index is 0.575. The summed E-state index contributed by atoms with van der Waals surface area (Å²) in [5.41, 5.74) is 1.22. The van der Waals surface area contributed by atoms with Gasteiger partial charge < -0.3 is 13.9 Å². The second-order valence-corrected chi connectivity index (χ2v) is 6.90. The smallest absolute Gasteiger partial charge is 0.229 e. The average molecular weight is 391 g/mol. The fourth-order valence-electron chi connectivity index (χ4n) is 1.68. The molecule has 118 valence electrons. The van der Waals surface area contributed by atoms with Gasteiger partial charge in [0.2, 0.25) is 9.76 Å². The number of rotatable bonds is 12. The topological polar surface area (TPSA) is 27.7 Å². The SMILES string of the molecule is COCCCOc1ccc(Br)c(CCO[Si]CCCS)c1. The zero-order valence-corrected chi connectivity index (χ0v) is 15.9. The van der Waals surface area contributed by atoms with Gasteiger partial charge in [0.1, 0.15) is 5.75 Å². The van der Waals surface area contributed by atoms with Crippen LogP contribution in [0.25, 0.3) is 0 Å². The minimum Gasteiger partial charge on any atom is -0.493 e. The molecule has 1 rings (SSSR count). The molecular formula is C15H23BrO3SSi. The van der Waals surface area contributed by atoms with Crippen LogP contribution in [0.3, 0.4) is 0 Å². The summed E-state index contributed by atoms with van der Waals surface area (Å²) < 4.78 is 17.5. The maximum Gasteiger partial charge on any atom is 0.229 e. The zero-order valence-electron chi connectivity index (χ0n) is 12.4. The summed E-state index contributed by atoms with van der Waals surface area (Å²) in [5.74, 6) is 1.84. The van der Waals surface area contributed by atoms with Crippen molar-refractivity contribution in [1.82, 2.24) is 0 Å². The molecule has 1 aromatic carbocycles. The highest BCUT2D eigenvalue weighted by Gasteiger charge is 2.03. The van der Waals surface area contributed by atoms with E-state index in [1.807, 2.05) is 12.1 Å². The molecule has 0 saturated carbocycles. The monoisotopic (exact) mass is 390 g/mol. The van der Waals surface area contributed by atoms with Crippen LogP contribution in [-0.2, 0) is 15.6 Å². The number of methoxy groups -OCH3 is 1. The van der Waals surface area contributed by atoms with E-state index in [1.165, 1.54) is 5.56 Å². The van der Waals surface area contributed by atoms with E-state index in [4.69, 9.17) is 13.9 Å². The van der Waals surface area contributed by atoms with Crippen molar-refractivity contribution in [3.63, 3.8) is 0 Å². The summed E-state index contributed by atoms with van der Waals surface area (Å²) in [6.07, 6.45) is 2.91. The number of thiol groups is 1. The van der Waals surface area contributed by atoms with Crippen molar-refractivity contribution in [1.29, 1.82) is 0 Å². The molecule has 0 bridgehead atoms. The summed E-state index contributed by atoms with van der Waals surface area (Å²) in [6, 6.07) is 7.20. The van der Waals surface area contributed by atoms with Crippen molar-refractivity contribution in [2.75, 3.05) is 32.7 Å². The average Bonchev–Trinajstić information content (AvgIpc) is 2.50. The number of benzene rings is 1. The van der Waals surface area contributed by atoms with Crippen molar-refractivity contribution in [3.8, 4) is 5.75 Å². The van der Waals surface area contributed by atoms with E-state index < -0.39 is 0 Å². The molecule has 3 nitrogen and oxygen atoms in total. The Morgan fingerprint density at radius 3 is 2.81 bits per heavy atom. The van der Waals surface area contributed by atoms with Gasteiger partial charge in [0, 0.05) is 31.2 Å². The van der Waals surface area contributed by atoms with Crippen molar-refractivity contribution in [2.45, 2.75) is 25.3 Å². The van der Waals surface area contributed by atoms with E-state index in [2.05, 4.69) is 34.6 Å². The van der Waals surface area contributed by atoms with Gasteiger partial charge >= 0.3 is 0 Å². The van der Waals surface area contributed by atoms with Gasteiger partial charge in [-0.25, -0.2) is 0 Å². The first-order chi connectivity index (χ1) is 10.3. The lowest BCUT2D eigenvalue weighted by molar-refractivity contribution is 0.172. The Hall–Kier alpha value is -0.0131. The number of hydrogen-bond donors (Lipinski definition) is 1. The highest BCUT2D eigenvalue weighted by molar-refractivity contribution is 9.10. The largest absolute Gasteiger partial charge is 0.493 e. The molecule has 1 aromatic rings. The Labute approximate surface area is 144 Å². The summed E-state index contributed by atoms with van der Waals surface area (Å²) >= 11 is 7.77. The van der Waals surface area contributed by atoms with E-state index in [0.29, 0.717) is 16.4 Å². The van der Waals surface area contributed by atoms with E-state index in [1.54, 1.807) is 7.11 Å². The summed E-state index contributed by atoms with van der Waals surface area (Å²) in [7, 11) is 2.28. The predicted molar refractivity (Wildman–Crippen MR) is 94.8 cm³/mol. The van der Waals surface area contributed by atoms with Gasteiger partial charge in [-0.15, -0.1) is 0 Å². The Morgan fingerprint density at radius 2 is 2.05 bits per heavy atom. The molecule has 6 heteroatoms. The first-order valence-corrected chi connectivity index (χ1v) is 9.67. The van der Waals surface area contributed by atoms with Crippen LogP contribution in [-0.4, -0.2) is 42.4 Å². The fraction of sp³-hybridized carbons (Fsp3) is 0.600. The number of halogens is 1. The summed E-state index contributed by atoms with van der Waals surface area (Å²) in [6.45, 7) is 2.15. The van der Waals surface area contributed by atoms with Gasteiger partial charge in [-0.3, -0.25) is 0 Å². The van der Waals surface area contributed by atoms with Crippen LogP contribution < -0.4 is 4.74 Å². The zero-order chi connectivity index (χ0) is 15.3. The molecular weight excluding hydrogens is 368 g/mol. The van der Waals surface area contributed by atoms with Crippen LogP contribution in [0.2, 0.25) is 6.04 Å².